The molecule has 1 aliphatic rings. The molecule has 0 unspecified atom stereocenters. The van der Waals surface area contributed by atoms with E-state index in [9.17, 15) is 5.11 Å². The van der Waals surface area contributed by atoms with Gasteiger partial charge >= 0.3 is 0 Å². The summed E-state index contributed by atoms with van der Waals surface area (Å²) in [5, 5.41) is 13.7. The second-order valence-electron chi connectivity index (χ2n) is 6.82. The second kappa shape index (κ2) is 7.19. The van der Waals surface area contributed by atoms with E-state index in [0.29, 0.717) is 11.8 Å². The number of phenolic OH excluding ortho intramolecular Hbond substituents is 1. The number of para-hydroxylation sites is 2. The summed E-state index contributed by atoms with van der Waals surface area (Å²) in [7, 11) is 0. The highest BCUT2D eigenvalue weighted by molar-refractivity contribution is 5.77. The van der Waals surface area contributed by atoms with Crippen LogP contribution in [-0.2, 0) is 6.42 Å². The Bertz CT molecular complexity index is 872. The first-order chi connectivity index (χ1) is 12.3. The first-order valence-corrected chi connectivity index (χ1v) is 9.06. The van der Waals surface area contributed by atoms with Gasteiger partial charge in [0.25, 0.3) is 0 Å². The van der Waals surface area contributed by atoms with Gasteiger partial charge in [-0.05, 0) is 68.1 Å². The van der Waals surface area contributed by atoms with Crippen molar-refractivity contribution in [3.8, 4) is 17.0 Å². The van der Waals surface area contributed by atoms with E-state index < -0.39 is 0 Å². The van der Waals surface area contributed by atoms with Crippen LogP contribution in [0.25, 0.3) is 22.3 Å². The van der Waals surface area contributed by atoms with Gasteiger partial charge in [-0.15, -0.1) is 0 Å². The SMILES string of the molecule is Oc1cc(CC[C@H]2CCCCN2)cc(-c2cnc3ccccc3n2)c1. The molecule has 1 aliphatic heterocycles. The van der Waals surface area contributed by atoms with Crippen molar-refractivity contribution >= 4 is 11.0 Å². The van der Waals surface area contributed by atoms with Crippen LogP contribution < -0.4 is 5.32 Å². The summed E-state index contributed by atoms with van der Waals surface area (Å²) >= 11 is 0. The standard InChI is InChI=1S/C21H23N3O/c25-18-12-15(8-9-17-5-3-4-10-22-17)11-16(13-18)21-14-23-19-6-1-2-7-20(19)24-21/h1-2,6-7,11-14,17,22,25H,3-5,8-10H2/t17-/m1/s1. The Morgan fingerprint density at radius 3 is 2.80 bits per heavy atom. The second-order valence-corrected chi connectivity index (χ2v) is 6.82. The molecule has 2 N–H and O–H groups in total. The third-order valence-electron chi connectivity index (χ3n) is 4.92. The van der Waals surface area contributed by atoms with Gasteiger partial charge in [-0.2, -0.15) is 0 Å². The normalized spacial score (nSPS) is 17.7. The highest BCUT2D eigenvalue weighted by atomic mass is 16.3. The number of aryl methyl sites for hydroxylation is 1. The zero-order valence-corrected chi connectivity index (χ0v) is 14.3. The van der Waals surface area contributed by atoms with Gasteiger partial charge in [0.2, 0.25) is 0 Å². The van der Waals surface area contributed by atoms with Gasteiger partial charge in [0.05, 0.1) is 22.9 Å². The number of aromatic nitrogens is 2. The summed E-state index contributed by atoms with van der Waals surface area (Å²) in [6.45, 7) is 1.13. The Balaban J connectivity index is 1.57. The minimum absolute atomic E-state index is 0.291. The summed E-state index contributed by atoms with van der Waals surface area (Å²) in [5.74, 6) is 0.291. The predicted octanol–water partition coefficient (Wildman–Crippen LogP) is 4.08. The van der Waals surface area contributed by atoms with Gasteiger partial charge in [0.1, 0.15) is 5.75 Å². The van der Waals surface area contributed by atoms with Crippen molar-refractivity contribution in [2.45, 2.75) is 38.1 Å². The summed E-state index contributed by atoms with van der Waals surface area (Å²) in [5.41, 5.74) is 4.63. The van der Waals surface area contributed by atoms with E-state index in [1.807, 2.05) is 30.3 Å². The molecule has 2 heterocycles. The molecule has 0 aliphatic carbocycles. The Kier molecular flexibility index (Phi) is 4.61. The van der Waals surface area contributed by atoms with E-state index >= 15 is 0 Å². The Morgan fingerprint density at radius 1 is 1.08 bits per heavy atom. The third kappa shape index (κ3) is 3.80. The molecule has 0 spiro atoms. The van der Waals surface area contributed by atoms with Crippen LogP contribution >= 0.6 is 0 Å². The van der Waals surface area contributed by atoms with Gasteiger partial charge in [-0.1, -0.05) is 18.6 Å². The lowest BCUT2D eigenvalue weighted by atomic mass is 9.96. The predicted molar refractivity (Wildman–Crippen MR) is 101 cm³/mol. The lowest BCUT2D eigenvalue weighted by Crippen LogP contribution is -2.34. The molecule has 2 aromatic carbocycles. The van der Waals surface area contributed by atoms with Crippen LogP contribution in [0, 0.1) is 0 Å². The summed E-state index contributed by atoms with van der Waals surface area (Å²) in [6.07, 6.45) is 7.70. The van der Waals surface area contributed by atoms with Crippen LogP contribution in [-0.4, -0.2) is 27.7 Å². The van der Waals surface area contributed by atoms with Crippen molar-refractivity contribution in [2.24, 2.45) is 0 Å². The molecule has 0 bridgehead atoms. The average molecular weight is 333 g/mol. The fourth-order valence-electron chi connectivity index (χ4n) is 3.57. The quantitative estimate of drug-likeness (QED) is 0.755. The number of piperidine rings is 1. The fourth-order valence-corrected chi connectivity index (χ4v) is 3.57. The van der Waals surface area contributed by atoms with E-state index in [2.05, 4.69) is 16.4 Å². The zero-order valence-electron chi connectivity index (χ0n) is 14.3. The molecule has 1 fully saturated rings. The number of nitrogens with zero attached hydrogens (tertiary/aromatic N) is 2. The number of hydrogen-bond acceptors (Lipinski definition) is 4. The van der Waals surface area contributed by atoms with Gasteiger partial charge in [0, 0.05) is 11.6 Å². The van der Waals surface area contributed by atoms with Gasteiger partial charge in [0.15, 0.2) is 0 Å². The third-order valence-corrected chi connectivity index (χ3v) is 4.92. The number of rotatable bonds is 4. The van der Waals surface area contributed by atoms with Crippen molar-refractivity contribution in [3.05, 3.63) is 54.2 Å². The first-order valence-electron chi connectivity index (χ1n) is 9.06. The first kappa shape index (κ1) is 16.0. The highest BCUT2D eigenvalue weighted by Crippen LogP contribution is 2.26. The van der Waals surface area contributed by atoms with Crippen LogP contribution in [0.3, 0.4) is 0 Å². The Labute approximate surface area is 148 Å². The molecule has 0 amide bonds. The number of phenols is 1. The van der Waals surface area contributed by atoms with E-state index in [4.69, 9.17) is 4.98 Å². The molecule has 1 saturated heterocycles. The van der Waals surface area contributed by atoms with Gasteiger partial charge in [-0.25, -0.2) is 4.98 Å². The molecular weight excluding hydrogens is 310 g/mol. The van der Waals surface area contributed by atoms with Crippen molar-refractivity contribution < 1.29 is 5.11 Å². The summed E-state index contributed by atoms with van der Waals surface area (Å²) in [6, 6.07) is 14.2. The maximum Gasteiger partial charge on any atom is 0.116 e. The van der Waals surface area contributed by atoms with Crippen LogP contribution in [0.4, 0.5) is 0 Å². The molecule has 4 heteroatoms. The Morgan fingerprint density at radius 2 is 1.96 bits per heavy atom. The van der Waals surface area contributed by atoms with E-state index in [1.165, 1.54) is 19.3 Å². The molecule has 1 atom stereocenters. The summed E-state index contributed by atoms with van der Waals surface area (Å²) in [4.78, 5) is 9.17. The molecule has 3 aromatic rings. The van der Waals surface area contributed by atoms with Crippen molar-refractivity contribution in [2.75, 3.05) is 6.54 Å². The minimum atomic E-state index is 0.291. The number of benzene rings is 2. The van der Waals surface area contributed by atoms with E-state index in [0.717, 1.165) is 47.2 Å². The number of nitrogens with one attached hydrogen (secondary N) is 1. The molecule has 0 saturated carbocycles. The molecule has 128 valence electrons. The van der Waals surface area contributed by atoms with Crippen molar-refractivity contribution in [3.63, 3.8) is 0 Å². The summed E-state index contributed by atoms with van der Waals surface area (Å²) < 4.78 is 0. The van der Waals surface area contributed by atoms with Crippen LogP contribution in [0.2, 0.25) is 0 Å². The van der Waals surface area contributed by atoms with E-state index in [-0.39, 0.29) is 0 Å². The monoisotopic (exact) mass is 333 g/mol. The maximum atomic E-state index is 10.1. The smallest absolute Gasteiger partial charge is 0.116 e. The minimum Gasteiger partial charge on any atom is -0.508 e. The van der Waals surface area contributed by atoms with Crippen LogP contribution in [0.15, 0.2) is 48.7 Å². The van der Waals surface area contributed by atoms with Crippen LogP contribution in [0.5, 0.6) is 5.75 Å². The Hall–Kier alpha value is -2.46. The zero-order chi connectivity index (χ0) is 17.1. The van der Waals surface area contributed by atoms with Gasteiger partial charge in [-0.3, -0.25) is 4.98 Å². The van der Waals surface area contributed by atoms with Crippen LogP contribution in [0.1, 0.15) is 31.2 Å². The number of fused-ring (bicyclic) bond motifs is 1. The topological polar surface area (TPSA) is 58.0 Å². The number of aromatic hydroxyl groups is 1. The molecule has 1 aromatic heterocycles. The maximum absolute atomic E-state index is 10.1. The molecule has 0 radical (unpaired) electrons. The van der Waals surface area contributed by atoms with Crippen molar-refractivity contribution in [1.29, 1.82) is 0 Å². The number of hydrogen-bond donors (Lipinski definition) is 2. The lowest BCUT2D eigenvalue weighted by Gasteiger charge is -2.23. The molecule has 25 heavy (non-hydrogen) atoms. The molecule has 4 nitrogen and oxygen atoms in total. The van der Waals surface area contributed by atoms with Gasteiger partial charge < -0.3 is 10.4 Å². The van der Waals surface area contributed by atoms with Crippen molar-refractivity contribution in [1.82, 2.24) is 15.3 Å². The molecule has 4 rings (SSSR count). The average Bonchev–Trinajstić information content (AvgIpc) is 2.66. The highest BCUT2D eigenvalue weighted by Gasteiger charge is 2.13. The fraction of sp³-hybridized carbons (Fsp3) is 0.333. The lowest BCUT2D eigenvalue weighted by molar-refractivity contribution is 0.382. The van der Waals surface area contributed by atoms with E-state index in [1.54, 1.807) is 12.3 Å². The molecular formula is C21H23N3O. The largest absolute Gasteiger partial charge is 0.508 e.